The van der Waals surface area contributed by atoms with Crippen LogP contribution in [0, 0.1) is 30.6 Å². The van der Waals surface area contributed by atoms with Gasteiger partial charge < -0.3 is 49.8 Å². The number of phenolic OH excluding ortho intramolecular Hbond substituents is 3. The SMILES string of the molecule is COC1C=COC2(C)Oc3c(C)c(O)c4c(O)c(c(/C=N/N5Cc6ccccc6CC5=O)c(O)c4c3C2=O)NC(=O)C(C)=CC=CC(C)C(O)C(C)C(O)C(C)C(OC(C)=O)C1C. The van der Waals surface area contributed by atoms with E-state index in [1.165, 1.54) is 58.2 Å². The Labute approximate surface area is 365 Å². The fourth-order valence-electron chi connectivity index (χ4n) is 8.49. The van der Waals surface area contributed by atoms with Crippen LogP contribution in [-0.2, 0) is 41.6 Å². The molecular formula is C47H55N3O13. The third kappa shape index (κ3) is 8.75. The van der Waals surface area contributed by atoms with Gasteiger partial charge in [-0.25, -0.2) is 5.01 Å². The number of Topliss-reactive ketones (excluding diaryl/α,β-unsaturated/α-hetero) is 1. The maximum absolute atomic E-state index is 14.5. The van der Waals surface area contributed by atoms with Crippen molar-refractivity contribution >= 4 is 46.2 Å². The molecule has 5 bridgehead atoms. The van der Waals surface area contributed by atoms with E-state index in [0.717, 1.165) is 17.3 Å². The van der Waals surface area contributed by atoms with E-state index in [9.17, 15) is 44.7 Å². The normalized spacial score (nSPS) is 28.2. The monoisotopic (exact) mass is 869 g/mol. The molecule has 2 amide bonds. The Balaban J connectivity index is 1.53. The molecule has 0 spiro atoms. The van der Waals surface area contributed by atoms with Crippen molar-refractivity contribution in [1.29, 1.82) is 0 Å². The number of methoxy groups -OCH3 is 1. The fraction of sp³-hybridized carbons (Fsp3) is 0.426. The molecule has 4 aliphatic heterocycles. The summed E-state index contributed by atoms with van der Waals surface area (Å²) in [5.41, 5.74) is 0.838. The van der Waals surface area contributed by atoms with Gasteiger partial charge in [0.1, 0.15) is 23.4 Å². The van der Waals surface area contributed by atoms with E-state index in [4.69, 9.17) is 18.9 Å². The molecule has 0 saturated heterocycles. The zero-order chi connectivity index (χ0) is 46.2. The summed E-state index contributed by atoms with van der Waals surface area (Å²) in [6.45, 7) is 12.4. The van der Waals surface area contributed by atoms with Crippen LogP contribution in [-0.4, -0.2) is 97.6 Å². The van der Waals surface area contributed by atoms with Gasteiger partial charge >= 0.3 is 11.8 Å². The minimum Gasteiger partial charge on any atom is -0.507 e. The second kappa shape index (κ2) is 18.2. The van der Waals surface area contributed by atoms with Gasteiger partial charge in [0, 0.05) is 61.2 Å². The number of amides is 2. The van der Waals surface area contributed by atoms with Gasteiger partial charge in [-0.1, -0.05) is 70.2 Å². The predicted molar refractivity (Wildman–Crippen MR) is 232 cm³/mol. The van der Waals surface area contributed by atoms with Crippen LogP contribution in [0.4, 0.5) is 5.69 Å². The van der Waals surface area contributed by atoms with Crippen molar-refractivity contribution in [1.82, 2.24) is 5.01 Å². The first-order valence-corrected chi connectivity index (χ1v) is 20.7. The minimum absolute atomic E-state index is 0.00515. The Morgan fingerprint density at radius 2 is 1.62 bits per heavy atom. The molecular weight excluding hydrogens is 815 g/mol. The Morgan fingerprint density at radius 3 is 2.29 bits per heavy atom. The van der Waals surface area contributed by atoms with Crippen molar-refractivity contribution in [3.8, 4) is 23.0 Å². The van der Waals surface area contributed by atoms with Crippen LogP contribution in [0.5, 0.6) is 23.0 Å². The van der Waals surface area contributed by atoms with Gasteiger partial charge in [0.25, 0.3) is 11.7 Å². The van der Waals surface area contributed by atoms with Crippen molar-refractivity contribution in [2.45, 2.75) is 98.6 Å². The third-order valence-electron chi connectivity index (χ3n) is 12.4. The number of phenols is 3. The lowest BCUT2D eigenvalue weighted by Gasteiger charge is -2.38. The highest BCUT2D eigenvalue weighted by Gasteiger charge is 2.50. The maximum Gasteiger partial charge on any atom is 0.312 e. The zero-order valence-electron chi connectivity index (χ0n) is 36.7. The maximum atomic E-state index is 14.5. The van der Waals surface area contributed by atoms with Crippen molar-refractivity contribution in [3.63, 3.8) is 0 Å². The second-order valence-electron chi connectivity index (χ2n) is 16.8. The average molecular weight is 870 g/mol. The van der Waals surface area contributed by atoms with E-state index in [1.807, 2.05) is 24.3 Å². The first-order valence-electron chi connectivity index (χ1n) is 20.7. The molecule has 6 N–H and O–H groups in total. The number of benzene rings is 3. The van der Waals surface area contributed by atoms with Gasteiger partial charge in [0.2, 0.25) is 5.91 Å². The van der Waals surface area contributed by atoms with Gasteiger partial charge in [-0.15, -0.1) is 0 Å². The molecule has 0 saturated carbocycles. The number of aliphatic hydroxyl groups excluding tert-OH is 2. The molecule has 7 rings (SSSR count). The number of fused-ring (bicyclic) bond motifs is 15. The molecule has 0 aliphatic carbocycles. The lowest BCUT2D eigenvalue weighted by atomic mass is 9.78. The Kier molecular flexibility index (Phi) is 13.4. The molecule has 0 radical (unpaired) electrons. The first-order chi connectivity index (χ1) is 29.7. The number of allylic oxidation sites excluding steroid dienone is 2. The highest BCUT2D eigenvalue weighted by atomic mass is 16.7. The van der Waals surface area contributed by atoms with Crippen LogP contribution in [0.25, 0.3) is 10.8 Å². The quantitative estimate of drug-likeness (QED) is 0.0804. The first kappa shape index (κ1) is 46.3. The lowest BCUT2D eigenvalue weighted by Crippen LogP contribution is -2.46. The molecule has 9 atom stereocenters. The number of aromatic hydroxyl groups is 3. The number of hydrazone groups is 1. The predicted octanol–water partition coefficient (Wildman–Crippen LogP) is 5.67. The van der Waals surface area contributed by atoms with Crippen LogP contribution < -0.4 is 10.1 Å². The van der Waals surface area contributed by atoms with E-state index >= 15 is 0 Å². The topological polar surface area (TPSA) is 234 Å². The van der Waals surface area contributed by atoms with Crippen LogP contribution in [0.3, 0.4) is 0 Å². The molecule has 0 aromatic heterocycles. The molecule has 3 aromatic carbocycles. The summed E-state index contributed by atoms with van der Waals surface area (Å²) < 4.78 is 23.6. The van der Waals surface area contributed by atoms with Gasteiger partial charge in [-0.05, 0) is 31.1 Å². The molecule has 3 aromatic rings. The molecule has 16 heteroatoms. The summed E-state index contributed by atoms with van der Waals surface area (Å²) in [5, 5.41) is 66.2. The minimum atomic E-state index is -2.10. The van der Waals surface area contributed by atoms with E-state index < -0.39 is 88.8 Å². The van der Waals surface area contributed by atoms with Crippen molar-refractivity contribution in [2.24, 2.45) is 28.8 Å². The van der Waals surface area contributed by atoms with Crippen LogP contribution >= 0.6 is 0 Å². The molecule has 63 heavy (non-hydrogen) atoms. The Bertz CT molecular complexity index is 2460. The number of ether oxygens (including phenoxy) is 4. The summed E-state index contributed by atoms with van der Waals surface area (Å²) in [4.78, 5) is 53.9. The number of carbonyl (C=O) groups excluding carboxylic acids is 4. The average Bonchev–Trinajstić information content (AvgIpc) is 3.51. The van der Waals surface area contributed by atoms with Crippen LogP contribution in [0.2, 0.25) is 0 Å². The number of ketones is 1. The van der Waals surface area contributed by atoms with Crippen molar-refractivity contribution in [2.75, 3.05) is 12.4 Å². The standard InChI is InChI=1S/C47H55N3O13/c1-22-13-12-14-23(2)46(59)49-37-31(20-48-50-21-30-16-11-10-15-29(30)19-33(50)52)41(56)34-35(42(37)57)40(55)27(6)44-36(34)45(58)47(8,63-44)61-18-17-32(60-9)24(3)43(62-28(7)51)26(5)39(54)25(4)38(22)53/h10-18,20,22,24-26,32,38-39,43,53-57H,19,21H2,1-9H3,(H,49,59)/b13-12?,18-17?,23-14?,48-20+. The van der Waals surface area contributed by atoms with Gasteiger partial charge in [-0.3, -0.25) is 19.2 Å². The fourth-order valence-corrected chi connectivity index (χ4v) is 8.49. The number of esters is 1. The lowest BCUT2D eigenvalue weighted by molar-refractivity contribution is -0.160. The molecule has 4 aliphatic rings. The molecule has 16 nitrogen and oxygen atoms in total. The van der Waals surface area contributed by atoms with E-state index in [0.29, 0.717) is 0 Å². The van der Waals surface area contributed by atoms with Crippen molar-refractivity contribution < 1.29 is 63.7 Å². The third-order valence-corrected chi connectivity index (χ3v) is 12.4. The molecule has 0 fully saturated rings. The van der Waals surface area contributed by atoms with Crippen LogP contribution in [0.15, 0.2) is 65.5 Å². The number of nitrogens with one attached hydrogen (secondary N) is 1. The number of hydrogen-bond acceptors (Lipinski definition) is 14. The van der Waals surface area contributed by atoms with Crippen LogP contribution in [0.1, 0.15) is 81.1 Å². The van der Waals surface area contributed by atoms with Gasteiger partial charge in [0.05, 0.1) is 66.0 Å². The highest BCUT2D eigenvalue weighted by molar-refractivity contribution is 6.24. The van der Waals surface area contributed by atoms with Gasteiger partial charge in [0.15, 0.2) is 5.75 Å². The largest absolute Gasteiger partial charge is 0.507 e. The molecule has 9 unspecified atom stereocenters. The Morgan fingerprint density at radius 1 is 0.937 bits per heavy atom. The number of aliphatic hydroxyl groups is 2. The Hall–Kier alpha value is -6.23. The van der Waals surface area contributed by atoms with E-state index in [1.54, 1.807) is 39.8 Å². The molecule has 4 heterocycles. The highest BCUT2D eigenvalue weighted by Crippen LogP contribution is 2.55. The number of anilines is 1. The summed E-state index contributed by atoms with van der Waals surface area (Å²) >= 11 is 0. The van der Waals surface area contributed by atoms with E-state index in [-0.39, 0.29) is 63.3 Å². The number of rotatable bonds is 4. The molecule has 336 valence electrons. The summed E-state index contributed by atoms with van der Waals surface area (Å²) in [5.74, 6) is -9.38. The second-order valence-corrected chi connectivity index (χ2v) is 16.8. The summed E-state index contributed by atoms with van der Waals surface area (Å²) in [6, 6.07) is 7.34. The van der Waals surface area contributed by atoms with E-state index in [2.05, 4.69) is 10.4 Å². The van der Waals surface area contributed by atoms with Gasteiger partial charge in [-0.2, -0.15) is 5.10 Å². The summed E-state index contributed by atoms with van der Waals surface area (Å²) in [7, 11) is 1.42. The summed E-state index contributed by atoms with van der Waals surface area (Å²) in [6.07, 6.45) is 4.42. The number of hydrogen-bond donors (Lipinski definition) is 6. The zero-order valence-corrected chi connectivity index (χ0v) is 36.7. The van der Waals surface area contributed by atoms with Crippen molar-refractivity contribution in [3.05, 3.63) is 88.2 Å². The smallest absolute Gasteiger partial charge is 0.312 e. The number of carbonyl (C=O) groups is 4. The number of nitrogens with zero attached hydrogens (tertiary/aromatic N) is 2.